The molecular formula is C16H26N4O2S. The lowest BCUT2D eigenvalue weighted by Gasteiger charge is -2.38. The highest BCUT2D eigenvalue weighted by molar-refractivity contribution is 7.89. The molecule has 0 radical (unpaired) electrons. The molecule has 23 heavy (non-hydrogen) atoms. The van der Waals surface area contributed by atoms with Gasteiger partial charge in [0.05, 0.1) is 4.90 Å². The molecule has 1 aromatic carbocycles. The van der Waals surface area contributed by atoms with Gasteiger partial charge < -0.3 is 10.2 Å². The maximum atomic E-state index is 11.3. The van der Waals surface area contributed by atoms with Gasteiger partial charge in [-0.1, -0.05) is 0 Å². The van der Waals surface area contributed by atoms with Crippen LogP contribution in [-0.4, -0.2) is 59.1 Å². The van der Waals surface area contributed by atoms with E-state index in [9.17, 15) is 8.42 Å². The van der Waals surface area contributed by atoms with Gasteiger partial charge in [0.2, 0.25) is 10.0 Å². The van der Waals surface area contributed by atoms with Crippen molar-refractivity contribution in [2.24, 2.45) is 11.1 Å². The third-order valence-electron chi connectivity index (χ3n) is 4.88. The fourth-order valence-electron chi connectivity index (χ4n) is 3.46. The van der Waals surface area contributed by atoms with Crippen LogP contribution in [-0.2, 0) is 10.0 Å². The van der Waals surface area contributed by atoms with Crippen LogP contribution >= 0.6 is 0 Å². The number of hydrogen-bond donors (Lipinski definition) is 2. The lowest BCUT2D eigenvalue weighted by atomic mass is 9.97. The van der Waals surface area contributed by atoms with Crippen molar-refractivity contribution in [1.29, 1.82) is 0 Å². The standard InChI is InChI=1S/C16H26N4O2S/c17-23(21,22)16-3-1-15(2-4-16)20-11-9-19(10-12-20)13-14-5-7-18-8-6-14/h1-4,14,18H,5-13H2,(H2,17,21,22). The van der Waals surface area contributed by atoms with Crippen molar-refractivity contribution in [2.75, 3.05) is 50.7 Å². The topological polar surface area (TPSA) is 78.7 Å². The van der Waals surface area contributed by atoms with Crippen LogP contribution in [0.3, 0.4) is 0 Å². The minimum Gasteiger partial charge on any atom is -0.369 e. The number of piperazine rings is 1. The van der Waals surface area contributed by atoms with Gasteiger partial charge in [0, 0.05) is 38.4 Å². The van der Waals surface area contributed by atoms with Crippen molar-refractivity contribution >= 4 is 15.7 Å². The number of primary sulfonamides is 1. The molecule has 0 bridgehead atoms. The molecule has 2 aliphatic rings. The van der Waals surface area contributed by atoms with Gasteiger partial charge in [0.15, 0.2) is 0 Å². The van der Waals surface area contributed by atoms with Crippen LogP contribution in [0, 0.1) is 5.92 Å². The van der Waals surface area contributed by atoms with Gasteiger partial charge in [-0.2, -0.15) is 0 Å². The average molecular weight is 338 g/mol. The van der Waals surface area contributed by atoms with E-state index in [1.54, 1.807) is 12.1 Å². The summed E-state index contributed by atoms with van der Waals surface area (Å²) in [4.78, 5) is 5.04. The fourth-order valence-corrected chi connectivity index (χ4v) is 3.98. The molecule has 0 saturated carbocycles. The number of sulfonamides is 1. The quantitative estimate of drug-likeness (QED) is 0.834. The molecule has 0 aliphatic carbocycles. The van der Waals surface area contributed by atoms with Gasteiger partial charge in [0.25, 0.3) is 0 Å². The molecule has 1 aromatic rings. The van der Waals surface area contributed by atoms with E-state index < -0.39 is 10.0 Å². The monoisotopic (exact) mass is 338 g/mol. The Morgan fingerprint density at radius 1 is 1.04 bits per heavy atom. The average Bonchev–Trinajstić information content (AvgIpc) is 2.56. The number of nitrogens with one attached hydrogen (secondary N) is 1. The molecule has 3 N–H and O–H groups in total. The maximum absolute atomic E-state index is 11.3. The van der Waals surface area contributed by atoms with E-state index in [1.807, 2.05) is 12.1 Å². The summed E-state index contributed by atoms with van der Waals surface area (Å²) < 4.78 is 22.6. The minimum atomic E-state index is -3.61. The molecular weight excluding hydrogens is 312 g/mol. The van der Waals surface area contributed by atoms with E-state index in [0.717, 1.165) is 50.9 Å². The number of nitrogens with zero attached hydrogens (tertiary/aromatic N) is 2. The van der Waals surface area contributed by atoms with Gasteiger partial charge in [-0.15, -0.1) is 0 Å². The summed E-state index contributed by atoms with van der Waals surface area (Å²) in [5.74, 6) is 0.830. The number of nitrogens with two attached hydrogens (primary N) is 1. The molecule has 0 amide bonds. The zero-order chi connectivity index (χ0) is 16.3. The molecule has 6 nitrogen and oxygen atoms in total. The SMILES string of the molecule is NS(=O)(=O)c1ccc(N2CCN(CC3CCNCC3)CC2)cc1. The molecule has 0 spiro atoms. The molecule has 2 fully saturated rings. The Kier molecular flexibility index (Phi) is 5.21. The second-order valence-electron chi connectivity index (χ2n) is 6.52. The first-order valence-corrected chi connectivity index (χ1v) is 9.88. The van der Waals surface area contributed by atoms with Crippen molar-refractivity contribution in [2.45, 2.75) is 17.7 Å². The van der Waals surface area contributed by atoms with Crippen LogP contribution in [0.5, 0.6) is 0 Å². The molecule has 2 aliphatic heterocycles. The van der Waals surface area contributed by atoms with Crippen molar-refractivity contribution in [1.82, 2.24) is 10.2 Å². The van der Waals surface area contributed by atoms with Crippen LogP contribution in [0.1, 0.15) is 12.8 Å². The highest BCUT2D eigenvalue weighted by Crippen LogP contribution is 2.20. The third-order valence-corrected chi connectivity index (χ3v) is 5.81. The summed E-state index contributed by atoms with van der Waals surface area (Å²) in [6.07, 6.45) is 2.57. The van der Waals surface area contributed by atoms with Crippen LogP contribution in [0.15, 0.2) is 29.2 Å². The lowest BCUT2D eigenvalue weighted by Crippen LogP contribution is -2.48. The van der Waals surface area contributed by atoms with Crippen molar-refractivity contribution in [3.63, 3.8) is 0 Å². The van der Waals surface area contributed by atoms with Crippen molar-refractivity contribution in [3.8, 4) is 0 Å². The number of hydrogen-bond acceptors (Lipinski definition) is 5. The van der Waals surface area contributed by atoms with Crippen LogP contribution in [0.2, 0.25) is 0 Å². The maximum Gasteiger partial charge on any atom is 0.238 e. The predicted molar refractivity (Wildman–Crippen MR) is 92.1 cm³/mol. The van der Waals surface area contributed by atoms with Gasteiger partial charge in [-0.25, -0.2) is 13.6 Å². The Balaban J connectivity index is 1.52. The Morgan fingerprint density at radius 2 is 1.65 bits per heavy atom. The summed E-state index contributed by atoms with van der Waals surface area (Å²) >= 11 is 0. The number of piperidine rings is 1. The van der Waals surface area contributed by atoms with E-state index in [1.165, 1.54) is 19.4 Å². The first-order chi connectivity index (χ1) is 11.0. The first kappa shape index (κ1) is 16.7. The van der Waals surface area contributed by atoms with Gasteiger partial charge in [0.1, 0.15) is 0 Å². The second-order valence-corrected chi connectivity index (χ2v) is 8.08. The summed E-state index contributed by atoms with van der Waals surface area (Å²) in [5, 5.41) is 8.56. The summed E-state index contributed by atoms with van der Waals surface area (Å²) in [6, 6.07) is 6.88. The van der Waals surface area contributed by atoms with Crippen molar-refractivity contribution < 1.29 is 8.42 Å². The first-order valence-electron chi connectivity index (χ1n) is 8.33. The molecule has 2 saturated heterocycles. The normalized spacial score (nSPS) is 21.5. The molecule has 0 unspecified atom stereocenters. The molecule has 128 valence electrons. The smallest absolute Gasteiger partial charge is 0.238 e. The summed E-state index contributed by atoms with van der Waals surface area (Å²) in [5.41, 5.74) is 1.07. The fraction of sp³-hybridized carbons (Fsp3) is 0.625. The van der Waals surface area contributed by atoms with Gasteiger partial charge in [-0.3, -0.25) is 4.90 Å². The largest absolute Gasteiger partial charge is 0.369 e. The number of rotatable bonds is 4. The van der Waals surface area contributed by atoms with Crippen LogP contribution in [0.25, 0.3) is 0 Å². The molecule has 2 heterocycles. The Morgan fingerprint density at radius 3 is 2.22 bits per heavy atom. The van der Waals surface area contributed by atoms with Gasteiger partial charge >= 0.3 is 0 Å². The molecule has 0 atom stereocenters. The van der Waals surface area contributed by atoms with Crippen LogP contribution in [0.4, 0.5) is 5.69 Å². The highest BCUT2D eigenvalue weighted by atomic mass is 32.2. The zero-order valence-corrected chi connectivity index (χ0v) is 14.3. The highest BCUT2D eigenvalue weighted by Gasteiger charge is 2.21. The Hall–Kier alpha value is -1.15. The van der Waals surface area contributed by atoms with E-state index in [0.29, 0.717) is 0 Å². The number of benzene rings is 1. The summed E-state index contributed by atoms with van der Waals surface area (Å²) in [6.45, 7) is 7.63. The Bertz CT molecular complexity index is 603. The van der Waals surface area contributed by atoms with E-state index >= 15 is 0 Å². The lowest BCUT2D eigenvalue weighted by molar-refractivity contribution is 0.196. The van der Waals surface area contributed by atoms with Crippen molar-refractivity contribution in [3.05, 3.63) is 24.3 Å². The summed E-state index contributed by atoms with van der Waals surface area (Å²) in [7, 11) is -3.61. The number of anilines is 1. The molecule has 0 aromatic heterocycles. The predicted octanol–water partition coefficient (Wildman–Crippen LogP) is 0.456. The Labute approximate surface area is 138 Å². The van der Waals surface area contributed by atoms with Gasteiger partial charge in [-0.05, 0) is 56.1 Å². The molecule has 3 rings (SSSR count). The third kappa shape index (κ3) is 4.44. The van der Waals surface area contributed by atoms with E-state index in [-0.39, 0.29) is 4.90 Å². The zero-order valence-electron chi connectivity index (χ0n) is 13.4. The minimum absolute atomic E-state index is 0.172. The van der Waals surface area contributed by atoms with E-state index in [4.69, 9.17) is 5.14 Å². The molecule has 7 heteroatoms. The second kappa shape index (κ2) is 7.17. The van der Waals surface area contributed by atoms with Crippen LogP contribution < -0.4 is 15.4 Å². The van der Waals surface area contributed by atoms with E-state index in [2.05, 4.69) is 15.1 Å².